The van der Waals surface area contributed by atoms with Gasteiger partial charge >= 0.3 is 0 Å². The van der Waals surface area contributed by atoms with E-state index in [1.54, 1.807) is 47.3 Å². The summed E-state index contributed by atoms with van der Waals surface area (Å²) in [6, 6.07) is 16.0. The van der Waals surface area contributed by atoms with Crippen LogP contribution in [0.5, 0.6) is 5.75 Å². The lowest BCUT2D eigenvalue weighted by Gasteiger charge is -2.06. The molecule has 0 spiro atoms. The molecule has 1 amide bonds. The monoisotopic (exact) mass is 361 g/mol. The van der Waals surface area contributed by atoms with Crippen LogP contribution in [0.25, 0.3) is 5.69 Å². The molecular weight excluding hydrogens is 349 g/mol. The van der Waals surface area contributed by atoms with Crippen molar-refractivity contribution in [3.8, 4) is 11.4 Å². The van der Waals surface area contributed by atoms with Gasteiger partial charge in [-0.05, 0) is 30.3 Å². The molecule has 3 aromatic rings. The lowest BCUT2D eigenvalue weighted by Crippen LogP contribution is -2.20. The molecule has 0 unspecified atom stereocenters. The number of nitrogens with one attached hydrogen (secondary N) is 1. The van der Waals surface area contributed by atoms with Crippen LogP contribution >= 0.6 is 23.2 Å². The van der Waals surface area contributed by atoms with Crippen LogP contribution < -0.4 is 10.1 Å². The highest BCUT2D eigenvalue weighted by molar-refractivity contribution is 6.42. The first-order chi connectivity index (χ1) is 11.6. The average molecular weight is 362 g/mol. The minimum Gasteiger partial charge on any atom is -0.484 e. The number of carbonyl (C=O) groups excluding carboxylic acids is 1. The summed E-state index contributed by atoms with van der Waals surface area (Å²) in [5.41, 5.74) is 0.741. The van der Waals surface area contributed by atoms with Gasteiger partial charge in [-0.2, -0.15) is 5.10 Å². The van der Waals surface area contributed by atoms with Crippen molar-refractivity contribution in [2.75, 3.05) is 11.9 Å². The number of benzene rings is 2. The van der Waals surface area contributed by atoms with Gasteiger partial charge in [0.15, 0.2) is 12.4 Å². The Bertz CT molecular complexity index is 850. The predicted molar refractivity (Wildman–Crippen MR) is 94.2 cm³/mol. The molecule has 5 nitrogen and oxygen atoms in total. The second-order valence-electron chi connectivity index (χ2n) is 4.89. The van der Waals surface area contributed by atoms with Gasteiger partial charge in [-0.15, -0.1) is 0 Å². The number of amides is 1. The van der Waals surface area contributed by atoms with E-state index in [0.717, 1.165) is 5.69 Å². The third kappa shape index (κ3) is 4.07. The van der Waals surface area contributed by atoms with Crippen LogP contribution in [-0.2, 0) is 4.79 Å². The molecule has 122 valence electrons. The van der Waals surface area contributed by atoms with Crippen molar-refractivity contribution in [2.24, 2.45) is 0 Å². The summed E-state index contributed by atoms with van der Waals surface area (Å²) in [4.78, 5) is 11.9. The maximum Gasteiger partial charge on any atom is 0.263 e. The number of halogens is 2. The van der Waals surface area contributed by atoms with Crippen molar-refractivity contribution in [2.45, 2.75) is 0 Å². The third-order valence-corrected chi connectivity index (χ3v) is 3.88. The molecule has 1 heterocycles. The number of para-hydroxylation sites is 1. The summed E-state index contributed by atoms with van der Waals surface area (Å²) in [6.07, 6.45) is 1.72. The first kappa shape index (κ1) is 16.4. The highest BCUT2D eigenvalue weighted by Crippen LogP contribution is 2.24. The van der Waals surface area contributed by atoms with Gasteiger partial charge in [0, 0.05) is 12.3 Å². The first-order valence-corrected chi connectivity index (χ1v) is 7.86. The molecular formula is C17H13Cl2N3O2. The molecule has 0 atom stereocenters. The zero-order valence-electron chi connectivity index (χ0n) is 12.4. The number of rotatable bonds is 5. The van der Waals surface area contributed by atoms with Crippen molar-refractivity contribution in [1.82, 2.24) is 9.78 Å². The molecule has 0 saturated carbocycles. The normalized spacial score (nSPS) is 10.4. The number of hydrogen-bond acceptors (Lipinski definition) is 3. The van der Waals surface area contributed by atoms with Gasteiger partial charge < -0.3 is 10.1 Å². The molecule has 1 N–H and O–H groups in total. The van der Waals surface area contributed by atoms with Gasteiger partial charge in [-0.3, -0.25) is 4.79 Å². The Balaban J connectivity index is 1.61. The number of anilines is 1. The zero-order chi connectivity index (χ0) is 16.9. The third-order valence-electron chi connectivity index (χ3n) is 3.14. The Hall–Kier alpha value is -2.50. The molecule has 7 heteroatoms. The smallest absolute Gasteiger partial charge is 0.263 e. The molecule has 0 aliphatic carbocycles. The summed E-state index contributed by atoms with van der Waals surface area (Å²) in [7, 11) is 0. The van der Waals surface area contributed by atoms with Gasteiger partial charge in [-0.1, -0.05) is 41.4 Å². The van der Waals surface area contributed by atoms with Crippen LogP contribution in [0.3, 0.4) is 0 Å². The predicted octanol–water partition coefficient (Wildman–Crippen LogP) is 4.20. The van der Waals surface area contributed by atoms with Crippen LogP contribution in [0.1, 0.15) is 0 Å². The van der Waals surface area contributed by atoms with Gasteiger partial charge in [0.05, 0.1) is 15.7 Å². The standard InChI is InChI=1S/C17H13Cl2N3O2/c18-14-7-6-12(10-15(14)19)22-9-8-16(21-22)20-17(23)11-24-13-4-2-1-3-5-13/h1-10H,11H2,(H,20,21,23). The van der Waals surface area contributed by atoms with Crippen LogP contribution in [0.15, 0.2) is 60.8 Å². The number of hydrogen-bond donors (Lipinski definition) is 1. The van der Waals surface area contributed by atoms with E-state index in [-0.39, 0.29) is 12.5 Å². The van der Waals surface area contributed by atoms with Crippen LogP contribution in [0.4, 0.5) is 5.82 Å². The van der Waals surface area contributed by atoms with Crippen molar-refractivity contribution in [3.63, 3.8) is 0 Å². The maximum atomic E-state index is 11.9. The van der Waals surface area contributed by atoms with Crippen LogP contribution in [0, 0.1) is 0 Å². The number of nitrogens with zero attached hydrogens (tertiary/aromatic N) is 2. The Morgan fingerprint density at radius 2 is 1.88 bits per heavy atom. The summed E-state index contributed by atoms with van der Waals surface area (Å²) >= 11 is 11.9. The van der Waals surface area contributed by atoms with Crippen LogP contribution in [-0.4, -0.2) is 22.3 Å². The molecule has 0 fully saturated rings. The zero-order valence-corrected chi connectivity index (χ0v) is 14.0. The molecule has 0 radical (unpaired) electrons. The van der Waals surface area contributed by atoms with Crippen molar-refractivity contribution in [1.29, 1.82) is 0 Å². The lowest BCUT2D eigenvalue weighted by molar-refractivity contribution is -0.118. The van der Waals surface area contributed by atoms with E-state index in [1.165, 1.54) is 0 Å². The average Bonchev–Trinajstić information content (AvgIpc) is 3.05. The van der Waals surface area contributed by atoms with Gasteiger partial charge in [0.2, 0.25) is 0 Å². The summed E-state index contributed by atoms with van der Waals surface area (Å²) in [5, 5.41) is 7.86. The molecule has 0 bridgehead atoms. The van der Waals surface area contributed by atoms with E-state index >= 15 is 0 Å². The van der Waals surface area contributed by atoms with E-state index in [2.05, 4.69) is 10.4 Å². The quantitative estimate of drug-likeness (QED) is 0.740. The Kier molecular flexibility index (Phi) is 5.03. The molecule has 2 aromatic carbocycles. The fraction of sp³-hybridized carbons (Fsp3) is 0.0588. The number of aromatic nitrogens is 2. The van der Waals surface area contributed by atoms with Gasteiger partial charge in [0.25, 0.3) is 5.91 Å². The molecule has 0 saturated heterocycles. The maximum absolute atomic E-state index is 11.9. The SMILES string of the molecule is O=C(COc1ccccc1)Nc1ccn(-c2ccc(Cl)c(Cl)c2)n1. The molecule has 3 rings (SSSR count). The van der Waals surface area contributed by atoms with Gasteiger partial charge in [-0.25, -0.2) is 4.68 Å². The fourth-order valence-corrected chi connectivity index (χ4v) is 2.30. The summed E-state index contributed by atoms with van der Waals surface area (Å²) in [5.74, 6) is 0.759. The molecule has 0 aliphatic rings. The molecule has 0 aliphatic heterocycles. The topological polar surface area (TPSA) is 56.1 Å². The summed E-state index contributed by atoms with van der Waals surface area (Å²) < 4.78 is 6.97. The van der Waals surface area contributed by atoms with E-state index in [1.807, 2.05) is 18.2 Å². The van der Waals surface area contributed by atoms with E-state index in [9.17, 15) is 4.79 Å². The van der Waals surface area contributed by atoms with E-state index in [0.29, 0.717) is 21.6 Å². The minimum absolute atomic E-state index is 0.0936. The minimum atomic E-state index is -0.293. The fourth-order valence-electron chi connectivity index (χ4n) is 2.01. The Labute approximate surface area is 148 Å². The number of carbonyl (C=O) groups is 1. The largest absolute Gasteiger partial charge is 0.484 e. The first-order valence-electron chi connectivity index (χ1n) is 7.10. The van der Waals surface area contributed by atoms with Crippen molar-refractivity contribution >= 4 is 34.9 Å². The Morgan fingerprint density at radius 3 is 2.62 bits per heavy atom. The summed E-state index contributed by atoms with van der Waals surface area (Å²) in [6.45, 7) is -0.0936. The lowest BCUT2D eigenvalue weighted by atomic mass is 10.3. The number of ether oxygens (including phenoxy) is 1. The van der Waals surface area contributed by atoms with E-state index in [4.69, 9.17) is 27.9 Å². The van der Waals surface area contributed by atoms with Crippen LogP contribution in [0.2, 0.25) is 10.0 Å². The Morgan fingerprint density at radius 1 is 1.08 bits per heavy atom. The highest BCUT2D eigenvalue weighted by Gasteiger charge is 2.08. The second-order valence-corrected chi connectivity index (χ2v) is 5.71. The van der Waals surface area contributed by atoms with E-state index < -0.39 is 0 Å². The van der Waals surface area contributed by atoms with Gasteiger partial charge in [0.1, 0.15) is 5.75 Å². The highest BCUT2D eigenvalue weighted by atomic mass is 35.5. The molecule has 1 aromatic heterocycles. The second kappa shape index (κ2) is 7.38. The molecule has 24 heavy (non-hydrogen) atoms. The van der Waals surface area contributed by atoms with Crippen molar-refractivity contribution in [3.05, 3.63) is 70.8 Å². The van der Waals surface area contributed by atoms with Crippen molar-refractivity contribution < 1.29 is 9.53 Å².